The molecule has 4 heteroatoms. The SMILES string of the molecule is CC(C)c1ccc(Nc2ccc(N)cc2C(=O)NC2CC2)cc1. The van der Waals surface area contributed by atoms with E-state index >= 15 is 0 Å². The lowest BCUT2D eigenvalue weighted by Gasteiger charge is -2.14. The van der Waals surface area contributed by atoms with E-state index in [-0.39, 0.29) is 5.91 Å². The Morgan fingerprint density at radius 3 is 2.43 bits per heavy atom. The van der Waals surface area contributed by atoms with Gasteiger partial charge in [0.1, 0.15) is 0 Å². The van der Waals surface area contributed by atoms with E-state index in [4.69, 9.17) is 5.73 Å². The van der Waals surface area contributed by atoms with Crippen LogP contribution >= 0.6 is 0 Å². The van der Waals surface area contributed by atoms with Crippen LogP contribution in [0, 0.1) is 0 Å². The monoisotopic (exact) mass is 309 g/mol. The van der Waals surface area contributed by atoms with Gasteiger partial charge in [-0.15, -0.1) is 0 Å². The second-order valence-corrected chi connectivity index (χ2v) is 6.45. The van der Waals surface area contributed by atoms with E-state index in [1.807, 2.05) is 18.2 Å². The van der Waals surface area contributed by atoms with Crippen LogP contribution in [0.25, 0.3) is 0 Å². The summed E-state index contributed by atoms with van der Waals surface area (Å²) >= 11 is 0. The van der Waals surface area contributed by atoms with E-state index in [1.165, 1.54) is 5.56 Å². The minimum Gasteiger partial charge on any atom is -0.399 e. The molecule has 3 rings (SSSR count). The molecule has 0 bridgehead atoms. The van der Waals surface area contributed by atoms with Crippen LogP contribution in [-0.2, 0) is 0 Å². The van der Waals surface area contributed by atoms with Crippen LogP contribution in [-0.4, -0.2) is 11.9 Å². The first-order valence-corrected chi connectivity index (χ1v) is 8.10. The normalized spacial score (nSPS) is 13.9. The van der Waals surface area contributed by atoms with Gasteiger partial charge in [-0.05, 0) is 54.7 Å². The van der Waals surface area contributed by atoms with Gasteiger partial charge in [0.05, 0.1) is 11.3 Å². The Morgan fingerprint density at radius 2 is 1.83 bits per heavy atom. The third-order valence-electron chi connectivity index (χ3n) is 4.06. The van der Waals surface area contributed by atoms with Gasteiger partial charge in [-0.3, -0.25) is 4.79 Å². The lowest BCUT2D eigenvalue weighted by molar-refractivity contribution is 0.0952. The molecule has 0 radical (unpaired) electrons. The van der Waals surface area contributed by atoms with Gasteiger partial charge in [0.2, 0.25) is 0 Å². The molecule has 0 spiro atoms. The van der Waals surface area contributed by atoms with Crippen molar-refractivity contribution in [2.75, 3.05) is 11.1 Å². The number of hydrogen-bond donors (Lipinski definition) is 3. The molecule has 0 heterocycles. The summed E-state index contributed by atoms with van der Waals surface area (Å²) in [4.78, 5) is 12.4. The average molecular weight is 309 g/mol. The molecule has 1 saturated carbocycles. The van der Waals surface area contributed by atoms with E-state index in [0.29, 0.717) is 23.2 Å². The van der Waals surface area contributed by atoms with Crippen LogP contribution in [0.4, 0.5) is 17.1 Å². The van der Waals surface area contributed by atoms with Crippen LogP contribution in [0.3, 0.4) is 0 Å². The van der Waals surface area contributed by atoms with Crippen molar-refractivity contribution in [3.8, 4) is 0 Å². The van der Waals surface area contributed by atoms with Crippen LogP contribution in [0.5, 0.6) is 0 Å². The Hall–Kier alpha value is -2.49. The van der Waals surface area contributed by atoms with Gasteiger partial charge in [0, 0.05) is 17.4 Å². The molecule has 23 heavy (non-hydrogen) atoms. The number of nitrogen functional groups attached to an aromatic ring is 1. The second kappa shape index (κ2) is 6.32. The molecular formula is C19H23N3O. The maximum atomic E-state index is 12.4. The van der Waals surface area contributed by atoms with Crippen LogP contribution < -0.4 is 16.4 Å². The molecule has 0 atom stereocenters. The quantitative estimate of drug-likeness (QED) is 0.731. The fourth-order valence-corrected chi connectivity index (χ4v) is 2.46. The highest BCUT2D eigenvalue weighted by molar-refractivity contribution is 6.01. The second-order valence-electron chi connectivity index (χ2n) is 6.45. The maximum Gasteiger partial charge on any atom is 0.253 e. The van der Waals surface area contributed by atoms with E-state index in [9.17, 15) is 4.79 Å². The fraction of sp³-hybridized carbons (Fsp3) is 0.316. The summed E-state index contributed by atoms with van der Waals surface area (Å²) in [5, 5.41) is 6.34. The van der Waals surface area contributed by atoms with Crippen molar-refractivity contribution in [2.24, 2.45) is 0 Å². The topological polar surface area (TPSA) is 67.1 Å². The van der Waals surface area contributed by atoms with Crippen molar-refractivity contribution in [3.05, 3.63) is 53.6 Å². The first-order valence-electron chi connectivity index (χ1n) is 8.10. The van der Waals surface area contributed by atoms with E-state index < -0.39 is 0 Å². The van der Waals surface area contributed by atoms with Gasteiger partial charge in [0.25, 0.3) is 5.91 Å². The summed E-state index contributed by atoms with van der Waals surface area (Å²) in [6.07, 6.45) is 2.13. The standard InChI is InChI=1S/C19H23N3O/c1-12(2)13-3-6-15(7-4-13)21-18-10-5-14(20)11-17(18)19(23)22-16-8-9-16/h3-7,10-12,16,21H,8-9,20H2,1-2H3,(H,22,23). The van der Waals surface area contributed by atoms with Crippen molar-refractivity contribution in [3.63, 3.8) is 0 Å². The Bertz CT molecular complexity index is 703. The Morgan fingerprint density at radius 1 is 1.13 bits per heavy atom. The van der Waals surface area contributed by atoms with E-state index in [2.05, 4.69) is 36.6 Å². The van der Waals surface area contributed by atoms with Crippen LogP contribution in [0.2, 0.25) is 0 Å². The summed E-state index contributed by atoms with van der Waals surface area (Å²) in [7, 11) is 0. The molecule has 2 aromatic rings. The highest BCUT2D eigenvalue weighted by Crippen LogP contribution is 2.26. The molecule has 1 fully saturated rings. The first kappa shape index (κ1) is 15.4. The van der Waals surface area contributed by atoms with Crippen molar-refractivity contribution < 1.29 is 4.79 Å². The zero-order valence-corrected chi connectivity index (χ0v) is 13.6. The lowest BCUT2D eigenvalue weighted by Crippen LogP contribution is -2.26. The van der Waals surface area contributed by atoms with Crippen molar-refractivity contribution in [2.45, 2.75) is 38.6 Å². The van der Waals surface area contributed by atoms with Crippen LogP contribution in [0.15, 0.2) is 42.5 Å². The molecule has 120 valence electrons. The lowest BCUT2D eigenvalue weighted by atomic mass is 10.0. The van der Waals surface area contributed by atoms with Crippen LogP contribution in [0.1, 0.15) is 48.5 Å². The van der Waals surface area contributed by atoms with Gasteiger partial charge in [0.15, 0.2) is 0 Å². The van der Waals surface area contributed by atoms with E-state index in [1.54, 1.807) is 12.1 Å². The molecule has 2 aromatic carbocycles. The maximum absolute atomic E-state index is 12.4. The van der Waals surface area contributed by atoms with Gasteiger partial charge in [-0.2, -0.15) is 0 Å². The fourth-order valence-electron chi connectivity index (χ4n) is 2.46. The average Bonchev–Trinajstić information content (AvgIpc) is 3.33. The molecular weight excluding hydrogens is 286 g/mol. The highest BCUT2D eigenvalue weighted by atomic mass is 16.1. The third-order valence-corrected chi connectivity index (χ3v) is 4.06. The molecule has 1 aliphatic carbocycles. The number of nitrogens with one attached hydrogen (secondary N) is 2. The smallest absolute Gasteiger partial charge is 0.253 e. The molecule has 0 aliphatic heterocycles. The molecule has 0 aromatic heterocycles. The largest absolute Gasteiger partial charge is 0.399 e. The highest BCUT2D eigenvalue weighted by Gasteiger charge is 2.25. The molecule has 0 saturated heterocycles. The number of anilines is 3. The summed E-state index contributed by atoms with van der Waals surface area (Å²) < 4.78 is 0. The minimum atomic E-state index is -0.0684. The minimum absolute atomic E-state index is 0.0684. The van der Waals surface area contributed by atoms with Crippen molar-refractivity contribution in [1.29, 1.82) is 0 Å². The summed E-state index contributed by atoms with van der Waals surface area (Å²) in [6.45, 7) is 4.34. The number of amides is 1. The Kier molecular flexibility index (Phi) is 4.24. The number of nitrogens with two attached hydrogens (primary N) is 1. The number of rotatable bonds is 5. The number of carbonyl (C=O) groups excluding carboxylic acids is 1. The molecule has 1 aliphatic rings. The Labute approximate surface area is 137 Å². The first-order chi connectivity index (χ1) is 11.0. The van der Waals surface area contributed by atoms with Gasteiger partial charge >= 0.3 is 0 Å². The van der Waals surface area contributed by atoms with Crippen molar-refractivity contribution in [1.82, 2.24) is 5.32 Å². The number of carbonyl (C=O) groups is 1. The summed E-state index contributed by atoms with van der Waals surface area (Å²) in [6, 6.07) is 14.0. The summed E-state index contributed by atoms with van der Waals surface area (Å²) in [5.74, 6) is 0.432. The molecule has 0 unspecified atom stereocenters. The summed E-state index contributed by atoms with van der Waals surface area (Å²) in [5.41, 5.74) is 10.0. The molecule has 4 N–H and O–H groups in total. The predicted molar refractivity (Wildman–Crippen MR) is 95.2 cm³/mol. The zero-order chi connectivity index (χ0) is 16.4. The number of benzene rings is 2. The third kappa shape index (κ3) is 3.83. The van der Waals surface area contributed by atoms with Gasteiger partial charge in [-0.1, -0.05) is 26.0 Å². The predicted octanol–water partition coefficient (Wildman–Crippen LogP) is 4.03. The Balaban J connectivity index is 1.82. The zero-order valence-electron chi connectivity index (χ0n) is 13.6. The van der Waals surface area contributed by atoms with Gasteiger partial charge in [-0.25, -0.2) is 0 Å². The number of hydrogen-bond acceptors (Lipinski definition) is 3. The van der Waals surface area contributed by atoms with Gasteiger partial charge < -0.3 is 16.4 Å². The molecule has 1 amide bonds. The van der Waals surface area contributed by atoms with Crippen molar-refractivity contribution >= 4 is 23.0 Å². The van der Waals surface area contributed by atoms with E-state index in [0.717, 1.165) is 24.2 Å². The molecule has 4 nitrogen and oxygen atoms in total.